The van der Waals surface area contributed by atoms with Crippen LogP contribution in [0.3, 0.4) is 0 Å². The van der Waals surface area contributed by atoms with Crippen molar-refractivity contribution in [1.29, 1.82) is 5.26 Å². The number of rotatable bonds is 6. The number of ether oxygens (including phenoxy) is 1. The predicted molar refractivity (Wildman–Crippen MR) is 80.9 cm³/mol. The molecule has 1 aliphatic heterocycles. The molecule has 1 saturated heterocycles. The van der Waals surface area contributed by atoms with Gasteiger partial charge in [0.2, 0.25) is 0 Å². The lowest BCUT2D eigenvalue weighted by Gasteiger charge is -2.30. The average Bonchev–Trinajstić information content (AvgIpc) is 2.47. The first-order chi connectivity index (χ1) is 9.78. The summed E-state index contributed by atoms with van der Waals surface area (Å²) in [6.45, 7) is 2.91. The van der Waals surface area contributed by atoms with Gasteiger partial charge in [-0.05, 0) is 51.5 Å². The van der Waals surface area contributed by atoms with E-state index in [-0.39, 0.29) is 0 Å². The van der Waals surface area contributed by atoms with Gasteiger partial charge in [0.25, 0.3) is 0 Å². The topological polar surface area (TPSA) is 48.3 Å². The summed E-state index contributed by atoms with van der Waals surface area (Å²) in [7, 11) is 2.17. The first-order valence-electron chi connectivity index (χ1n) is 7.33. The van der Waals surface area contributed by atoms with Crippen molar-refractivity contribution in [3.8, 4) is 11.8 Å². The number of anilines is 1. The number of piperidine rings is 1. The van der Waals surface area contributed by atoms with Crippen LogP contribution in [-0.2, 0) is 0 Å². The number of likely N-dealkylation sites (tertiary alicyclic amines) is 1. The summed E-state index contributed by atoms with van der Waals surface area (Å²) in [5, 5.41) is 12.1. The molecule has 1 aromatic carbocycles. The number of unbranched alkanes of at least 4 members (excludes halogenated alkanes) is 1. The number of nitrogens with zero attached hydrogens (tertiary/aromatic N) is 2. The summed E-state index contributed by atoms with van der Waals surface area (Å²) in [5.41, 5.74) is 1.12. The van der Waals surface area contributed by atoms with E-state index in [4.69, 9.17) is 10.00 Å². The fourth-order valence-corrected chi connectivity index (χ4v) is 2.41. The molecule has 0 aliphatic carbocycles. The van der Waals surface area contributed by atoms with E-state index in [2.05, 4.69) is 29.4 Å². The van der Waals surface area contributed by atoms with Gasteiger partial charge in [-0.1, -0.05) is 6.07 Å². The molecule has 20 heavy (non-hydrogen) atoms. The van der Waals surface area contributed by atoms with Crippen LogP contribution in [0.4, 0.5) is 5.69 Å². The Bertz CT molecular complexity index is 447. The van der Waals surface area contributed by atoms with Crippen LogP contribution in [0.1, 0.15) is 25.7 Å². The maximum atomic E-state index is 8.49. The third-order valence-corrected chi connectivity index (χ3v) is 3.63. The molecule has 108 valence electrons. The zero-order chi connectivity index (χ0) is 14.2. The van der Waals surface area contributed by atoms with Gasteiger partial charge in [-0.15, -0.1) is 0 Å². The molecule has 0 amide bonds. The Balaban J connectivity index is 1.81. The lowest BCUT2D eigenvalue weighted by molar-refractivity contribution is 0.264. The van der Waals surface area contributed by atoms with Gasteiger partial charge < -0.3 is 15.0 Å². The van der Waals surface area contributed by atoms with Crippen molar-refractivity contribution in [3.63, 3.8) is 0 Å². The highest BCUT2D eigenvalue weighted by molar-refractivity contribution is 5.48. The van der Waals surface area contributed by atoms with E-state index in [1.807, 2.05) is 18.2 Å². The minimum Gasteiger partial charge on any atom is -0.493 e. The van der Waals surface area contributed by atoms with Crippen LogP contribution >= 0.6 is 0 Å². The fourth-order valence-electron chi connectivity index (χ4n) is 2.41. The van der Waals surface area contributed by atoms with Gasteiger partial charge in [-0.25, -0.2) is 0 Å². The Hall–Kier alpha value is -1.73. The molecule has 1 aliphatic rings. The maximum absolute atomic E-state index is 8.49. The van der Waals surface area contributed by atoms with Crippen molar-refractivity contribution in [1.82, 2.24) is 4.90 Å². The molecule has 0 aromatic heterocycles. The summed E-state index contributed by atoms with van der Waals surface area (Å²) in [6, 6.07) is 10.8. The molecule has 1 heterocycles. The highest BCUT2D eigenvalue weighted by Gasteiger charge is 2.16. The maximum Gasteiger partial charge on any atom is 0.121 e. The van der Waals surface area contributed by atoms with Crippen LogP contribution in [0.15, 0.2) is 24.3 Å². The quantitative estimate of drug-likeness (QED) is 0.810. The number of benzene rings is 1. The van der Waals surface area contributed by atoms with Crippen LogP contribution in [-0.4, -0.2) is 37.7 Å². The summed E-state index contributed by atoms with van der Waals surface area (Å²) >= 11 is 0. The highest BCUT2D eigenvalue weighted by Crippen LogP contribution is 2.21. The van der Waals surface area contributed by atoms with E-state index in [1.54, 1.807) is 0 Å². The average molecular weight is 273 g/mol. The monoisotopic (exact) mass is 273 g/mol. The normalized spacial score (nSPS) is 16.6. The Labute approximate surface area is 121 Å². The van der Waals surface area contributed by atoms with Crippen LogP contribution in [0.2, 0.25) is 0 Å². The van der Waals surface area contributed by atoms with Crippen molar-refractivity contribution in [3.05, 3.63) is 24.3 Å². The van der Waals surface area contributed by atoms with E-state index in [1.165, 1.54) is 12.8 Å². The first kappa shape index (κ1) is 14.7. The largest absolute Gasteiger partial charge is 0.493 e. The van der Waals surface area contributed by atoms with Crippen LogP contribution in [0, 0.1) is 11.3 Å². The Kier molecular flexibility index (Phi) is 5.69. The Morgan fingerprint density at radius 3 is 2.95 bits per heavy atom. The van der Waals surface area contributed by atoms with E-state index in [0.29, 0.717) is 19.1 Å². The van der Waals surface area contributed by atoms with E-state index >= 15 is 0 Å². The molecule has 0 saturated carbocycles. The van der Waals surface area contributed by atoms with Crippen molar-refractivity contribution >= 4 is 5.69 Å². The van der Waals surface area contributed by atoms with Crippen molar-refractivity contribution in [2.24, 2.45) is 0 Å². The number of hydrogen-bond acceptors (Lipinski definition) is 4. The van der Waals surface area contributed by atoms with Gasteiger partial charge in [0.05, 0.1) is 12.7 Å². The third-order valence-electron chi connectivity index (χ3n) is 3.63. The van der Waals surface area contributed by atoms with Crippen LogP contribution in [0.5, 0.6) is 5.75 Å². The molecule has 4 nitrogen and oxygen atoms in total. The molecular formula is C16H23N3O. The Morgan fingerprint density at radius 1 is 1.40 bits per heavy atom. The second-order valence-electron chi connectivity index (χ2n) is 5.36. The summed E-state index contributed by atoms with van der Waals surface area (Å²) < 4.78 is 5.66. The Morgan fingerprint density at radius 2 is 2.20 bits per heavy atom. The molecule has 1 aromatic rings. The zero-order valence-electron chi connectivity index (χ0n) is 12.1. The smallest absolute Gasteiger partial charge is 0.121 e. The van der Waals surface area contributed by atoms with Gasteiger partial charge in [-0.3, -0.25) is 0 Å². The molecule has 0 bridgehead atoms. The lowest BCUT2D eigenvalue weighted by Crippen LogP contribution is -2.36. The molecule has 2 rings (SSSR count). The second kappa shape index (κ2) is 7.76. The molecule has 0 unspecified atom stereocenters. The molecule has 1 fully saturated rings. The van der Waals surface area contributed by atoms with Gasteiger partial charge in [0.1, 0.15) is 5.75 Å². The summed E-state index contributed by atoms with van der Waals surface area (Å²) in [4.78, 5) is 2.37. The summed E-state index contributed by atoms with van der Waals surface area (Å²) in [5.74, 6) is 0.876. The third kappa shape index (κ3) is 4.75. The van der Waals surface area contributed by atoms with Gasteiger partial charge in [0, 0.05) is 24.2 Å². The van der Waals surface area contributed by atoms with E-state index in [9.17, 15) is 0 Å². The van der Waals surface area contributed by atoms with Gasteiger partial charge in [0.15, 0.2) is 0 Å². The van der Waals surface area contributed by atoms with Crippen molar-refractivity contribution in [2.45, 2.75) is 31.7 Å². The van der Waals surface area contributed by atoms with Crippen LogP contribution < -0.4 is 10.1 Å². The number of hydrogen-bond donors (Lipinski definition) is 1. The van der Waals surface area contributed by atoms with Crippen molar-refractivity contribution < 1.29 is 4.74 Å². The van der Waals surface area contributed by atoms with E-state index < -0.39 is 0 Å². The highest BCUT2D eigenvalue weighted by atomic mass is 16.5. The number of nitriles is 1. The molecule has 0 atom stereocenters. The minimum absolute atomic E-state index is 0.549. The zero-order valence-corrected chi connectivity index (χ0v) is 12.1. The van der Waals surface area contributed by atoms with Crippen LogP contribution in [0.25, 0.3) is 0 Å². The van der Waals surface area contributed by atoms with Crippen molar-refractivity contribution in [2.75, 3.05) is 32.1 Å². The SMILES string of the molecule is CN1CCC(Nc2cccc(OCCCC#N)c2)CC1. The lowest BCUT2D eigenvalue weighted by atomic mass is 10.1. The first-order valence-corrected chi connectivity index (χ1v) is 7.33. The molecule has 4 heteroatoms. The molecule has 1 N–H and O–H groups in total. The predicted octanol–water partition coefficient (Wildman–Crippen LogP) is 2.88. The van der Waals surface area contributed by atoms with Gasteiger partial charge in [-0.2, -0.15) is 5.26 Å². The minimum atomic E-state index is 0.549. The fraction of sp³-hybridized carbons (Fsp3) is 0.562. The molecular weight excluding hydrogens is 250 g/mol. The summed E-state index contributed by atoms with van der Waals surface area (Å²) in [6.07, 6.45) is 3.70. The molecule has 0 spiro atoms. The second-order valence-corrected chi connectivity index (χ2v) is 5.36. The standard InChI is InChI=1S/C16H23N3O/c1-19-10-7-14(8-11-19)18-15-5-4-6-16(13-15)20-12-3-2-9-17/h4-6,13-14,18H,2-3,7-8,10-12H2,1H3. The number of nitrogens with one attached hydrogen (secondary N) is 1. The van der Waals surface area contributed by atoms with E-state index in [0.717, 1.165) is 30.9 Å². The van der Waals surface area contributed by atoms with Gasteiger partial charge >= 0.3 is 0 Å². The molecule has 0 radical (unpaired) electrons.